The molecule has 6 nitrogen and oxygen atoms in total. The molecular formula is C19H13FN2O4. The highest BCUT2D eigenvalue weighted by atomic mass is 19.1. The molecule has 0 spiro atoms. The summed E-state index contributed by atoms with van der Waals surface area (Å²) in [7, 11) is 0. The second kappa shape index (κ2) is 6.69. The average molecular weight is 352 g/mol. The summed E-state index contributed by atoms with van der Waals surface area (Å²) < 4.78 is 20.0. The van der Waals surface area contributed by atoms with Gasteiger partial charge in [-0.25, -0.2) is 4.39 Å². The Balaban J connectivity index is 2.25. The highest BCUT2D eigenvalue weighted by molar-refractivity contribution is 6.11. The van der Waals surface area contributed by atoms with Crippen molar-refractivity contribution in [1.29, 1.82) is 5.26 Å². The monoisotopic (exact) mass is 352 g/mol. The fourth-order valence-electron chi connectivity index (χ4n) is 2.71. The summed E-state index contributed by atoms with van der Waals surface area (Å²) >= 11 is 0. The van der Waals surface area contributed by atoms with E-state index in [-0.39, 0.29) is 28.8 Å². The predicted octanol–water partition coefficient (Wildman–Crippen LogP) is 2.75. The molecule has 0 aliphatic rings. The minimum absolute atomic E-state index is 0.000974. The standard InChI is InChI=1S/C19H13FN2O4/c1-11-14(9-21)18(24)22(10-12-5-4-8-26-12)19(25)16(11)17(23)13-6-2-3-7-15(13)20/h2-8,25H,10H2,1H3. The summed E-state index contributed by atoms with van der Waals surface area (Å²) in [6.07, 6.45) is 1.39. The number of rotatable bonds is 4. The van der Waals surface area contributed by atoms with Gasteiger partial charge in [-0.3, -0.25) is 14.2 Å². The van der Waals surface area contributed by atoms with Crippen LogP contribution >= 0.6 is 0 Å². The molecule has 0 unspecified atom stereocenters. The number of aromatic hydroxyl groups is 1. The summed E-state index contributed by atoms with van der Waals surface area (Å²) in [5.74, 6) is -1.88. The van der Waals surface area contributed by atoms with Crippen LogP contribution in [0.3, 0.4) is 0 Å². The van der Waals surface area contributed by atoms with Crippen molar-refractivity contribution in [3.05, 3.63) is 86.8 Å². The van der Waals surface area contributed by atoms with Gasteiger partial charge >= 0.3 is 0 Å². The fraction of sp³-hybridized carbons (Fsp3) is 0.105. The lowest BCUT2D eigenvalue weighted by atomic mass is 9.97. The smallest absolute Gasteiger partial charge is 0.271 e. The molecule has 0 saturated heterocycles. The molecule has 2 heterocycles. The normalized spacial score (nSPS) is 10.5. The molecule has 0 bridgehead atoms. The maximum absolute atomic E-state index is 14.0. The lowest BCUT2D eigenvalue weighted by Crippen LogP contribution is -2.27. The summed E-state index contributed by atoms with van der Waals surface area (Å²) in [4.78, 5) is 25.3. The van der Waals surface area contributed by atoms with E-state index in [1.807, 2.05) is 0 Å². The molecule has 0 atom stereocenters. The second-order valence-corrected chi connectivity index (χ2v) is 5.59. The maximum atomic E-state index is 14.0. The maximum Gasteiger partial charge on any atom is 0.271 e. The third-order valence-electron chi connectivity index (χ3n) is 4.04. The van der Waals surface area contributed by atoms with Crippen LogP contribution in [0.1, 0.15) is 32.8 Å². The minimum atomic E-state index is -0.817. The van der Waals surface area contributed by atoms with Crippen molar-refractivity contribution in [2.45, 2.75) is 13.5 Å². The van der Waals surface area contributed by atoms with Crippen LogP contribution in [0.15, 0.2) is 51.9 Å². The highest BCUT2D eigenvalue weighted by Gasteiger charge is 2.26. The van der Waals surface area contributed by atoms with Crippen LogP contribution in [0.4, 0.5) is 4.39 Å². The number of furan rings is 1. The largest absolute Gasteiger partial charge is 0.494 e. The average Bonchev–Trinajstić information content (AvgIpc) is 3.12. The zero-order valence-electron chi connectivity index (χ0n) is 13.7. The Labute approximate surface area is 147 Å². The molecule has 130 valence electrons. The first-order chi connectivity index (χ1) is 12.5. The van der Waals surface area contributed by atoms with Gasteiger partial charge in [-0.1, -0.05) is 12.1 Å². The number of aromatic nitrogens is 1. The molecule has 0 saturated carbocycles. The zero-order chi connectivity index (χ0) is 18.8. The van der Waals surface area contributed by atoms with Crippen LogP contribution in [0.5, 0.6) is 5.88 Å². The first kappa shape index (κ1) is 17.2. The summed E-state index contributed by atoms with van der Waals surface area (Å²) in [5, 5.41) is 19.9. The number of benzene rings is 1. The topological polar surface area (TPSA) is 96.2 Å². The number of pyridine rings is 1. The Morgan fingerprint density at radius 3 is 2.65 bits per heavy atom. The van der Waals surface area contributed by atoms with Crippen LogP contribution in [-0.4, -0.2) is 15.5 Å². The van der Waals surface area contributed by atoms with E-state index < -0.39 is 23.0 Å². The van der Waals surface area contributed by atoms with Crippen LogP contribution in [-0.2, 0) is 6.54 Å². The van der Waals surface area contributed by atoms with Crippen molar-refractivity contribution in [2.24, 2.45) is 0 Å². The number of ketones is 1. The van der Waals surface area contributed by atoms with E-state index in [0.29, 0.717) is 5.76 Å². The first-order valence-electron chi connectivity index (χ1n) is 7.63. The minimum Gasteiger partial charge on any atom is -0.494 e. The molecule has 1 N–H and O–H groups in total. The number of halogens is 1. The van der Waals surface area contributed by atoms with Crippen LogP contribution < -0.4 is 5.56 Å². The lowest BCUT2D eigenvalue weighted by Gasteiger charge is -2.15. The quantitative estimate of drug-likeness (QED) is 0.728. The van der Waals surface area contributed by atoms with E-state index in [0.717, 1.165) is 10.6 Å². The fourth-order valence-corrected chi connectivity index (χ4v) is 2.71. The summed E-state index contributed by atoms with van der Waals surface area (Å²) in [6, 6.07) is 10.2. The molecule has 0 aliphatic carbocycles. The van der Waals surface area contributed by atoms with Gasteiger partial charge < -0.3 is 9.52 Å². The number of hydrogen-bond acceptors (Lipinski definition) is 5. The Hall–Kier alpha value is -3.66. The molecule has 0 fully saturated rings. The van der Waals surface area contributed by atoms with Crippen LogP contribution in [0, 0.1) is 24.1 Å². The molecular weight excluding hydrogens is 339 g/mol. The van der Waals surface area contributed by atoms with Crippen molar-refractivity contribution >= 4 is 5.78 Å². The Bertz CT molecular complexity index is 1090. The van der Waals surface area contributed by atoms with Crippen molar-refractivity contribution < 1.29 is 18.7 Å². The van der Waals surface area contributed by atoms with Gasteiger partial charge in [0.25, 0.3) is 5.56 Å². The lowest BCUT2D eigenvalue weighted by molar-refractivity contribution is 0.103. The van der Waals surface area contributed by atoms with E-state index >= 15 is 0 Å². The molecule has 26 heavy (non-hydrogen) atoms. The van der Waals surface area contributed by atoms with Gasteiger partial charge in [-0.2, -0.15) is 5.26 Å². The van der Waals surface area contributed by atoms with E-state index in [4.69, 9.17) is 4.42 Å². The number of nitriles is 1. The van der Waals surface area contributed by atoms with Gasteiger partial charge in [0.15, 0.2) is 0 Å². The number of nitrogens with zero attached hydrogens (tertiary/aromatic N) is 2. The van der Waals surface area contributed by atoms with Gasteiger partial charge in [-0.15, -0.1) is 0 Å². The molecule has 1 aromatic carbocycles. The molecule has 0 radical (unpaired) electrons. The molecule has 0 aliphatic heterocycles. The predicted molar refractivity (Wildman–Crippen MR) is 89.5 cm³/mol. The first-order valence-corrected chi connectivity index (χ1v) is 7.63. The third-order valence-corrected chi connectivity index (χ3v) is 4.04. The SMILES string of the molecule is Cc1c(C(=O)c2ccccc2F)c(O)n(Cc2ccco2)c(=O)c1C#N. The Morgan fingerprint density at radius 2 is 2.04 bits per heavy atom. The van der Waals surface area contributed by atoms with Crippen molar-refractivity contribution in [2.75, 3.05) is 0 Å². The molecule has 7 heteroatoms. The molecule has 3 aromatic rings. The van der Waals surface area contributed by atoms with Crippen molar-refractivity contribution in [3.8, 4) is 11.9 Å². The number of carbonyl (C=O) groups excluding carboxylic acids is 1. The van der Waals surface area contributed by atoms with Crippen LogP contribution in [0.25, 0.3) is 0 Å². The van der Waals surface area contributed by atoms with Gasteiger partial charge in [0.2, 0.25) is 11.7 Å². The molecule has 2 aromatic heterocycles. The summed E-state index contributed by atoms with van der Waals surface area (Å²) in [6.45, 7) is 1.19. The van der Waals surface area contributed by atoms with E-state index in [1.165, 1.54) is 31.4 Å². The van der Waals surface area contributed by atoms with Crippen LogP contribution in [0.2, 0.25) is 0 Å². The number of carbonyl (C=O) groups is 1. The molecule has 0 amide bonds. The van der Waals surface area contributed by atoms with E-state index in [1.54, 1.807) is 18.2 Å². The van der Waals surface area contributed by atoms with Gasteiger partial charge in [-0.05, 0) is 36.8 Å². The summed E-state index contributed by atoms with van der Waals surface area (Å²) in [5.41, 5.74) is -1.62. The zero-order valence-corrected chi connectivity index (χ0v) is 13.7. The molecule has 3 rings (SSSR count). The second-order valence-electron chi connectivity index (χ2n) is 5.59. The van der Waals surface area contributed by atoms with Gasteiger partial charge in [0.05, 0.1) is 23.9 Å². The highest BCUT2D eigenvalue weighted by Crippen LogP contribution is 2.26. The van der Waals surface area contributed by atoms with E-state index in [2.05, 4.69) is 0 Å². The third kappa shape index (κ3) is 2.78. The van der Waals surface area contributed by atoms with Gasteiger partial charge in [0.1, 0.15) is 23.2 Å². The number of hydrogen-bond donors (Lipinski definition) is 1. The Kier molecular flexibility index (Phi) is 4.42. The van der Waals surface area contributed by atoms with Crippen molar-refractivity contribution in [1.82, 2.24) is 4.57 Å². The Morgan fingerprint density at radius 1 is 1.31 bits per heavy atom. The van der Waals surface area contributed by atoms with E-state index in [9.17, 15) is 24.3 Å². The van der Waals surface area contributed by atoms with Gasteiger partial charge in [0, 0.05) is 0 Å². The van der Waals surface area contributed by atoms with Crippen molar-refractivity contribution in [3.63, 3.8) is 0 Å².